The lowest BCUT2D eigenvalue weighted by Crippen LogP contribution is -2.12. The molecular formula is C14H18ClN3O4. The molecule has 0 saturated heterocycles. The van der Waals surface area contributed by atoms with Crippen LogP contribution in [0.4, 0.5) is 4.79 Å². The zero-order valence-corrected chi connectivity index (χ0v) is 12.7. The van der Waals surface area contributed by atoms with Crippen molar-refractivity contribution in [3.8, 4) is 17.0 Å². The van der Waals surface area contributed by atoms with E-state index in [-0.39, 0.29) is 19.0 Å². The van der Waals surface area contributed by atoms with Crippen molar-refractivity contribution >= 4 is 18.5 Å². The molecule has 0 saturated carbocycles. The van der Waals surface area contributed by atoms with E-state index < -0.39 is 6.09 Å². The maximum Gasteiger partial charge on any atom is 0.404 e. The van der Waals surface area contributed by atoms with Crippen LogP contribution in [0, 0.1) is 0 Å². The number of nitrogens with two attached hydrogens (primary N) is 2. The average Bonchev–Trinajstić information content (AvgIpc) is 2.95. The van der Waals surface area contributed by atoms with Crippen molar-refractivity contribution in [2.45, 2.75) is 13.0 Å². The van der Waals surface area contributed by atoms with Gasteiger partial charge in [-0.3, -0.25) is 0 Å². The molecule has 1 aromatic heterocycles. The van der Waals surface area contributed by atoms with Crippen LogP contribution in [0.25, 0.3) is 11.3 Å². The molecule has 0 atom stereocenters. The van der Waals surface area contributed by atoms with Crippen LogP contribution in [0.15, 0.2) is 34.9 Å². The number of carbonyl (C=O) groups excluding carboxylic acids is 1. The number of carbonyl (C=O) groups is 1. The van der Waals surface area contributed by atoms with Crippen molar-refractivity contribution in [2.75, 3.05) is 13.2 Å². The van der Waals surface area contributed by atoms with Gasteiger partial charge < -0.3 is 25.5 Å². The Morgan fingerprint density at radius 2 is 2.00 bits per heavy atom. The molecule has 0 aliphatic carbocycles. The molecule has 0 bridgehead atoms. The summed E-state index contributed by atoms with van der Waals surface area (Å²) >= 11 is 0. The molecule has 0 unspecified atom stereocenters. The highest BCUT2D eigenvalue weighted by atomic mass is 35.5. The van der Waals surface area contributed by atoms with Gasteiger partial charge in [-0.25, -0.2) is 4.79 Å². The third kappa shape index (κ3) is 5.27. The summed E-state index contributed by atoms with van der Waals surface area (Å²) in [5, 5.41) is 3.91. The minimum atomic E-state index is -0.855. The van der Waals surface area contributed by atoms with Gasteiger partial charge in [0, 0.05) is 11.6 Å². The van der Waals surface area contributed by atoms with E-state index in [4.69, 9.17) is 20.7 Å². The van der Waals surface area contributed by atoms with Crippen LogP contribution in [-0.4, -0.2) is 24.4 Å². The van der Waals surface area contributed by atoms with Gasteiger partial charge in [0.2, 0.25) is 0 Å². The standard InChI is InChI=1S/C14H17N3O4.ClH/c15-6-1-7-19-11-4-2-10(3-5-11)13-8-12(21-17-13)9-20-14(16)18;/h2-5,8H,1,6-7,9,15H2,(H2,16,18);1H. The molecule has 120 valence electrons. The fourth-order valence-electron chi connectivity index (χ4n) is 1.65. The Hall–Kier alpha value is -2.25. The summed E-state index contributed by atoms with van der Waals surface area (Å²) in [6.45, 7) is 1.16. The van der Waals surface area contributed by atoms with Crippen molar-refractivity contribution in [3.63, 3.8) is 0 Å². The van der Waals surface area contributed by atoms with E-state index in [1.807, 2.05) is 24.3 Å². The van der Waals surface area contributed by atoms with E-state index in [0.717, 1.165) is 17.7 Å². The lowest BCUT2D eigenvalue weighted by atomic mass is 10.1. The van der Waals surface area contributed by atoms with Gasteiger partial charge in [-0.1, -0.05) is 5.16 Å². The number of benzene rings is 1. The molecule has 0 aliphatic rings. The summed E-state index contributed by atoms with van der Waals surface area (Å²) < 4.78 is 15.2. The molecule has 7 nitrogen and oxygen atoms in total. The molecular weight excluding hydrogens is 310 g/mol. The number of hydrogen-bond donors (Lipinski definition) is 2. The summed E-state index contributed by atoms with van der Waals surface area (Å²) in [5.74, 6) is 1.19. The topological polar surface area (TPSA) is 114 Å². The van der Waals surface area contributed by atoms with E-state index >= 15 is 0 Å². The molecule has 8 heteroatoms. The normalized spacial score (nSPS) is 9.86. The molecule has 0 fully saturated rings. The Kier molecular flexibility index (Phi) is 7.21. The van der Waals surface area contributed by atoms with E-state index in [1.54, 1.807) is 6.07 Å². The molecule has 22 heavy (non-hydrogen) atoms. The Balaban J connectivity index is 0.00000242. The number of hydrogen-bond acceptors (Lipinski definition) is 6. The van der Waals surface area contributed by atoms with Crippen LogP contribution in [0.1, 0.15) is 12.2 Å². The summed E-state index contributed by atoms with van der Waals surface area (Å²) in [4.78, 5) is 10.5. The van der Waals surface area contributed by atoms with Crippen molar-refractivity contribution in [2.24, 2.45) is 11.5 Å². The first-order chi connectivity index (χ1) is 10.2. The highest BCUT2D eigenvalue weighted by Gasteiger charge is 2.08. The molecule has 0 radical (unpaired) electrons. The first kappa shape index (κ1) is 17.8. The number of nitrogens with zero attached hydrogens (tertiary/aromatic N) is 1. The SMILES string of the molecule is Cl.NCCCOc1ccc(-c2cc(COC(N)=O)on2)cc1. The van der Waals surface area contributed by atoms with Crippen LogP contribution in [-0.2, 0) is 11.3 Å². The Morgan fingerprint density at radius 3 is 2.64 bits per heavy atom. The van der Waals surface area contributed by atoms with Crippen molar-refractivity contribution in [3.05, 3.63) is 36.1 Å². The van der Waals surface area contributed by atoms with E-state index in [0.29, 0.717) is 24.6 Å². The van der Waals surface area contributed by atoms with E-state index in [2.05, 4.69) is 9.89 Å². The summed E-state index contributed by atoms with van der Waals surface area (Å²) in [7, 11) is 0. The third-order valence-corrected chi connectivity index (χ3v) is 2.68. The van der Waals surface area contributed by atoms with Crippen molar-refractivity contribution in [1.29, 1.82) is 0 Å². The molecule has 0 aliphatic heterocycles. The summed E-state index contributed by atoms with van der Waals surface area (Å²) in [6.07, 6.45) is -0.0409. The average molecular weight is 328 g/mol. The van der Waals surface area contributed by atoms with Gasteiger partial charge in [-0.05, 0) is 37.2 Å². The maximum atomic E-state index is 10.5. The lowest BCUT2D eigenvalue weighted by molar-refractivity contribution is 0.137. The lowest BCUT2D eigenvalue weighted by Gasteiger charge is -2.05. The second-order valence-electron chi connectivity index (χ2n) is 4.30. The predicted octanol–water partition coefficient (Wildman–Crippen LogP) is 2.09. The Bertz CT molecular complexity index is 586. The fourth-order valence-corrected chi connectivity index (χ4v) is 1.65. The first-order valence-corrected chi connectivity index (χ1v) is 6.50. The molecule has 1 amide bonds. The van der Waals surface area contributed by atoms with Gasteiger partial charge >= 0.3 is 6.09 Å². The maximum absolute atomic E-state index is 10.5. The van der Waals surface area contributed by atoms with Crippen LogP contribution >= 0.6 is 12.4 Å². The zero-order chi connectivity index (χ0) is 15.1. The highest BCUT2D eigenvalue weighted by Crippen LogP contribution is 2.22. The van der Waals surface area contributed by atoms with Crippen LogP contribution in [0.3, 0.4) is 0 Å². The number of halogens is 1. The van der Waals surface area contributed by atoms with Crippen molar-refractivity contribution < 1.29 is 18.8 Å². The summed E-state index contributed by atoms with van der Waals surface area (Å²) in [6, 6.07) is 9.12. The van der Waals surface area contributed by atoms with Crippen LogP contribution < -0.4 is 16.2 Å². The molecule has 1 heterocycles. The summed E-state index contributed by atoms with van der Waals surface area (Å²) in [5.41, 5.74) is 11.8. The van der Waals surface area contributed by atoms with Gasteiger partial charge in [-0.2, -0.15) is 0 Å². The first-order valence-electron chi connectivity index (χ1n) is 6.50. The molecule has 4 N–H and O–H groups in total. The molecule has 2 aromatic rings. The van der Waals surface area contributed by atoms with Crippen molar-refractivity contribution in [1.82, 2.24) is 5.16 Å². The highest BCUT2D eigenvalue weighted by molar-refractivity contribution is 5.85. The number of aromatic nitrogens is 1. The molecule has 1 aromatic carbocycles. The van der Waals surface area contributed by atoms with E-state index in [9.17, 15) is 4.79 Å². The Labute approximate surface area is 134 Å². The predicted molar refractivity (Wildman–Crippen MR) is 82.7 cm³/mol. The second kappa shape index (κ2) is 8.91. The second-order valence-corrected chi connectivity index (χ2v) is 4.30. The zero-order valence-electron chi connectivity index (χ0n) is 11.9. The smallest absolute Gasteiger partial charge is 0.404 e. The van der Waals surface area contributed by atoms with Gasteiger partial charge in [-0.15, -0.1) is 12.4 Å². The Morgan fingerprint density at radius 1 is 1.27 bits per heavy atom. The fraction of sp³-hybridized carbons (Fsp3) is 0.286. The molecule has 0 spiro atoms. The van der Waals surface area contributed by atoms with Gasteiger partial charge in [0.05, 0.1) is 6.61 Å². The number of amides is 1. The van der Waals surface area contributed by atoms with Gasteiger partial charge in [0.1, 0.15) is 11.4 Å². The van der Waals surface area contributed by atoms with Crippen LogP contribution in [0.2, 0.25) is 0 Å². The largest absolute Gasteiger partial charge is 0.494 e. The van der Waals surface area contributed by atoms with Gasteiger partial charge in [0.15, 0.2) is 12.4 Å². The monoisotopic (exact) mass is 327 g/mol. The number of primary amides is 1. The minimum Gasteiger partial charge on any atom is -0.494 e. The molecule has 2 rings (SSSR count). The van der Waals surface area contributed by atoms with Crippen LogP contribution in [0.5, 0.6) is 5.75 Å². The van der Waals surface area contributed by atoms with Gasteiger partial charge in [0.25, 0.3) is 0 Å². The minimum absolute atomic E-state index is 0. The number of ether oxygens (including phenoxy) is 2. The number of rotatable bonds is 7. The quantitative estimate of drug-likeness (QED) is 0.753. The van der Waals surface area contributed by atoms with E-state index in [1.165, 1.54) is 0 Å². The third-order valence-electron chi connectivity index (χ3n) is 2.68.